The van der Waals surface area contributed by atoms with Crippen LogP contribution in [0.15, 0.2) is 66.9 Å². The number of carbonyl (C=O) groups is 2. The number of rotatable bonds is 12. The first-order valence-corrected chi connectivity index (χ1v) is 15.2. The minimum atomic E-state index is -1.03. The molecule has 0 radical (unpaired) electrons. The summed E-state index contributed by atoms with van der Waals surface area (Å²) in [5, 5.41) is 3.10. The average Bonchev–Trinajstić information content (AvgIpc) is 3.03. The number of hydrogen-bond donors (Lipinski definition) is 1. The number of aromatic nitrogens is 2. The van der Waals surface area contributed by atoms with Crippen LogP contribution >= 0.6 is 0 Å². The molecule has 0 saturated carbocycles. The first-order chi connectivity index (χ1) is 22.0. The van der Waals surface area contributed by atoms with Crippen LogP contribution in [0.2, 0.25) is 0 Å². The summed E-state index contributed by atoms with van der Waals surface area (Å²) in [5.41, 5.74) is 4.09. The quantitative estimate of drug-likeness (QED) is 0.180. The molecular weight excluding hydrogens is 590 g/mol. The van der Waals surface area contributed by atoms with Crippen molar-refractivity contribution < 1.29 is 23.1 Å². The summed E-state index contributed by atoms with van der Waals surface area (Å²) in [6.45, 7) is 13.0. The number of anilines is 3. The van der Waals surface area contributed by atoms with Gasteiger partial charge in [0.05, 0.1) is 6.54 Å². The Labute approximate surface area is 268 Å². The van der Waals surface area contributed by atoms with E-state index in [-0.39, 0.29) is 24.2 Å². The van der Waals surface area contributed by atoms with Gasteiger partial charge in [0.2, 0.25) is 5.95 Å². The molecule has 1 N–H and O–H groups in total. The van der Waals surface area contributed by atoms with Gasteiger partial charge < -0.3 is 19.9 Å². The number of benzene rings is 3. The SMILES string of the molecule is CCN(CC)CCN(C)C(=O)c1ccc(Nc2nccc(N(Cc3ccc(F)c(F)c3)C(=O)Oc3c(C)cc(C)cc3C)n2)cc1. The number of aryl methyl sites for hydroxylation is 3. The van der Waals surface area contributed by atoms with E-state index in [1.165, 1.54) is 23.2 Å². The highest BCUT2D eigenvalue weighted by Crippen LogP contribution is 2.27. The maximum atomic E-state index is 14.1. The van der Waals surface area contributed by atoms with Crippen LogP contribution < -0.4 is 15.0 Å². The Kier molecular flexibility index (Phi) is 11.4. The highest BCUT2D eigenvalue weighted by molar-refractivity contribution is 5.94. The number of hydrogen-bond acceptors (Lipinski definition) is 7. The minimum Gasteiger partial charge on any atom is -0.409 e. The minimum absolute atomic E-state index is 0.0811. The van der Waals surface area contributed by atoms with Crippen molar-refractivity contribution in [3.63, 3.8) is 0 Å². The summed E-state index contributed by atoms with van der Waals surface area (Å²) >= 11 is 0. The number of nitrogens with one attached hydrogen (secondary N) is 1. The Hall–Kier alpha value is -4.90. The van der Waals surface area contributed by atoms with Crippen LogP contribution in [-0.4, -0.2) is 65.0 Å². The molecule has 2 amide bonds. The highest BCUT2D eigenvalue weighted by Gasteiger charge is 2.23. The second-order valence-electron chi connectivity index (χ2n) is 11.1. The third-order valence-electron chi connectivity index (χ3n) is 7.64. The molecule has 0 saturated heterocycles. The van der Waals surface area contributed by atoms with Gasteiger partial charge in [0.15, 0.2) is 11.6 Å². The molecule has 4 rings (SSSR count). The molecule has 0 aliphatic rings. The molecule has 0 bridgehead atoms. The van der Waals surface area contributed by atoms with Gasteiger partial charge in [0.25, 0.3) is 5.91 Å². The van der Waals surface area contributed by atoms with Gasteiger partial charge in [0.1, 0.15) is 11.6 Å². The van der Waals surface area contributed by atoms with Crippen molar-refractivity contribution in [2.45, 2.75) is 41.2 Å². The standard InChI is InChI=1S/C35H40F2N6O3/c1-7-42(8-2)18-17-41(6)33(44)27-10-12-28(13-11-27)39-34-38-16-15-31(40-34)43(22-26-9-14-29(36)30(37)21-26)35(45)46-32-24(4)19-23(3)20-25(32)5/h9-16,19-21H,7-8,17-18,22H2,1-6H3,(H,38,39,40). The predicted molar refractivity (Wildman–Crippen MR) is 176 cm³/mol. The number of halogens is 2. The highest BCUT2D eigenvalue weighted by atomic mass is 19.2. The molecule has 11 heteroatoms. The van der Waals surface area contributed by atoms with Crippen LogP contribution in [0.5, 0.6) is 5.75 Å². The number of nitrogens with zero attached hydrogens (tertiary/aromatic N) is 5. The first-order valence-electron chi connectivity index (χ1n) is 15.2. The molecule has 0 unspecified atom stereocenters. The van der Waals surface area contributed by atoms with Crippen molar-refractivity contribution in [2.75, 3.05) is 43.4 Å². The molecule has 242 valence electrons. The van der Waals surface area contributed by atoms with E-state index in [1.807, 2.05) is 32.9 Å². The van der Waals surface area contributed by atoms with E-state index in [4.69, 9.17) is 4.74 Å². The fourth-order valence-corrected chi connectivity index (χ4v) is 5.07. The lowest BCUT2D eigenvalue weighted by Crippen LogP contribution is -2.36. The topological polar surface area (TPSA) is 90.9 Å². The molecule has 0 fully saturated rings. The summed E-state index contributed by atoms with van der Waals surface area (Å²) in [6.07, 6.45) is 0.721. The van der Waals surface area contributed by atoms with E-state index in [9.17, 15) is 18.4 Å². The lowest BCUT2D eigenvalue weighted by atomic mass is 10.1. The second kappa shape index (κ2) is 15.4. The maximum Gasteiger partial charge on any atom is 0.421 e. The number of amides is 2. The van der Waals surface area contributed by atoms with Crippen molar-refractivity contribution in [3.05, 3.63) is 106 Å². The third-order valence-corrected chi connectivity index (χ3v) is 7.64. The zero-order valence-corrected chi connectivity index (χ0v) is 27.1. The summed E-state index contributed by atoms with van der Waals surface area (Å²) in [6, 6.07) is 15.7. The van der Waals surface area contributed by atoms with Crippen molar-refractivity contribution >= 4 is 29.5 Å². The summed E-state index contributed by atoms with van der Waals surface area (Å²) < 4.78 is 33.6. The van der Waals surface area contributed by atoms with E-state index in [0.717, 1.165) is 48.5 Å². The molecule has 3 aromatic carbocycles. The molecular formula is C35H40F2N6O3. The van der Waals surface area contributed by atoms with Crippen LogP contribution in [0, 0.1) is 32.4 Å². The predicted octanol–water partition coefficient (Wildman–Crippen LogP) is 7.04. The molecule has 0 spiro atoms. The first kappa shape index (κ1) is 34.0. The molecule has 0 aliphatic heterocycles. The zero-order valence-electron chi connectivity index (χ0n) is 27.1. The molecule has 9 nitrogen and oxygen atoms in total. The maximum absolute atomic E-state index is 14.1. The van der Waals surface area contributed by atoms with Crippen molar-refractivity contribution in [1.82, 2.24) is 19.8 Å². The second-order valence-corrected chi connectivity index (χ2v) is 11.1. The fraction of sp³-hybridized carbons (Fsp3) is 0.314. The number of carbonyl (C=O) groups excluding carboxylic acids is 2. The molecule has 46 heavy (non-hydrogen) atoms. The van der Waals surface area contributed by atoms with Crippen molar-refractivity contribution in [3.8, 4) is 5.75 Å². The van der Waals surface area contributed by atoms with Gasteiger partial charge in [-0.05, 0) is 93.0 Å². The zero-order chi connectivity index (χ0) is 33.4. The number of ether oxygens (including phenoxy) is 1. The molecule has 0 aliphatic carbocycles. The van der Waals surface area contributed by atoms with Crippen LogP contribution in [0.1, 0.15) is 46.5 Å². The third kappa shape index (κ3) is 8.63. The monoisotopic (exact) mass is 630 g/mol. The van der Waals surface area contributed by atoms with Crippen molar-refractivity contribution in [2.24, 2.45) is 0 Å². The van der Waals surface area contributed by atoms with Gasteiger partial charge >= 0.3 is 6.09 Å². The van der Waals surface area contributed by atoms with Gasteiger partial charge in [-0.15, -0.1) is 0 Å². The number of likely N-dealkylation sites (N-methyl/N-ethyl adjacent to an activating group) is 2. The van der Waals surface area contributed by atoms with Gasteiger partial charge in [-0.25, -0.2) is 18.6 Å². The Bertz CT molecular complexity index is 1650. The largest absolute Gasteiger partial charge is 0.421 e. The van der Waals surface area contributed by atoms with Gasteiger partial charge in [-0.1, -0.05) is 37.6 Å². The van der Waals surface area contributed by atoms with E-state index < -0.39 is 17.7 Å². The van der Waals surface area contributed by atoms with Crippen LogP contribution in [0.25, 0.3) is 0 Å². The molecule has 4 aromatic rings. The Morgan fingerprint density at radius 3 is 2.17 bits per heavy atom. The van der Waals surface area contributed by atoms with Crippen LogP contribution in [0.4, 0.5) is 31.0 Å². The smallest absolute Gasteiger partial charge is 0.409 e. The Morgan fingerprint density at radius 1 is 0.870 bits per heavy atom. The molecule has 1 aromatic heterocycles. The average molecular weight is 631 g/mol. The van der Waals surface area contributed by atoms with Gasteiger partial charge in [-0.3, -0.25) is 9.69 Å². The lowest BCUT2D eigenvalue weighted by Gasteiger charge is -2.23. The Morgan fingerprint density at radius 2 is 1.54 bits per heavy atom. The van der Waals surface area contributed by atoms with E-state index in [1.54, 1.807) is 36.2 Å². The summed E-state index contributed by atoms with van der Waals surface area (Å²) in [7, 11) is 1.79. The van der Waals surface area contributed by atoms with Crippen LogP contribution in [-0.2, 0) is 6.54 Å². The van der Waals surface area contributed by atoms with E-state index in [2.05, 4.69) is 34.0 Å². The van der Waals surface area contributed by atoms with E-state index >= 15 is 0 Å². The Balaban J connectivity index is 1.54. The molecule has 0 atom stereocenters. The van der Waals surface area contributed by atoms with Gasteiger partial charge in [0, 0.05) is 37.6 Å². The van der Waals surface area contributed by atoms with Crippen LogP contribution in [0.3, 0.4) is 0 Å². The summed E-state index contributed by atoms with van der Waals surface area (Å²) in [4.78, 5) is 40.6. The van der Waals surface area contributed by atoms with Gasteiger partial charge in [-0.2, -0.15) is 4.98 Å². The van der Waals surface area contributed by atoms with E-state index in [0.29, 0.717) is 29.1 Å². The summed E-state index contributed by atoms with van der Waals surface area (Å²) in [5.74, 6) is -1.33. The lowest BCUT2D eigenvalue weighted by molar-refractivity contribution is 0.0779. The molecule has 1 heterocycles. The fourth-order valence-electron chi connectivity index (χ4n) is 5.07. The normalized spacial score (nSPS) is 11.0. The van der Waals surface area contributed by atoms with Crippen molar-refractivity contribution in [1.29, 1.82) is 0 Å².